The molecule has 0 fully saturated rings. The first-order chi connectivity index (χ1) is 7.40. The lowest BCUT2D eigenvalue weighted by atomic mass is 10.2. The molecule has 78 valence electrons. The number of nitrogens with zero attached hydrogens (tertiary/aromatic N) is 3. The maximum Gasteiger partial charge on any atom is 0.151 e. The highest BCUT2D eigenvalue weighted by Crippen LogP contribution is 2.05. The molecule has 0 N–H and O–H groups in total. The van der Waals surface area contributed by atoms with Crippen LogP contribution in [0.25, 0.3) is 5.69 Å². The van der Waals surface area contributed by atoms with Gasteiger partial charge < -0.3 is 0 Å². The van der Waals surface area contributed by atoms with Crippen LogP contribution in [0.1, 0.15) is 25.6 Å². The fraction of sp³-hybridized carbons (Fsp3) is 0.333. The average Bonchev–Trinajstić information content (AvgIpc) is 2.76. The Morgan fingerprint density at radius 2 is 2.00 bits per heavy atom. The smallest absolute Gasteiger partial charge is 0.151 e. The van der Waals surface area contributed by atoms with E-state index in [0.29, 0.717) is 0 Å². The summed E-state index contributed by atoms with van der Waals surface area (Å²) in [7, 11) is 0. The van der Waals surface area contributed by atoms with E-state index in [1.54, 1.807) is 6.33 Å². The van der Waals surface area contributed by atoms with Crippen molar-refractivity contribution < 1.29 is 0 Å². The van der Waals surface area contributed by atoms with E-state index < -0.39 is 0 Å². The Balaban J connectivity index is 2.14. The molecule has 0 radical (unpaired) electrons. The second-order valence-electron chi connectivity index (χ2n) is 3.54. The zero-order chi connectivity index (χ0) is 10.5. The van der Waals surface area contributed by atoms with Gasteiger partial charge in [-0.05, 0) is 18.6 Å². The van der Waals surface area contributed by atoms with Crippen molar-refractivity contribution >= 4 is 0 Å². The van der Waals surface area contributed by atoms with E-state index in [4.69, 9.17) is 0 Å². The standard InChI is InChI=1S/C12H15N3/c1-2-3-9-12-13-10-15(14-12)11-7-5-4-6-8-11/h4-8,10H,2-3,9H2,1H3. The van der Waals surface area contributed by atoms with Crippen LogP contribution in [0, 0.1) is 0 Å². The SMILES string of the molecule is CCCCc1ncn(-c2ccccc2)n1. The van der Waals surface area contributed by atoms with E-state index in [9.17, 15) is 0 Å². The van der Waals surface area contributed by atoms with E-state index >= 15 is 0 Å². The number of hydrogen-bond donors (Lipinski definition) is 0. The molecule has 0 spiro atoms. The molecule has 0 saturated heterocycles. The van der Waals surface area contributed by atoms with Gasteiger partial charge >= 0.3 is 0 Å². The Morgan fingerprint density at radius 1 is 1.20 bits per heavy atom. The van der Waals surface area contributed by atoms with Crippen molar-refractivity contribution in [3.63, 3.8) is 0 Å². The maximum atomic E-state index is 4.42. The van der Waals surface area contributed by atoms with Crippen molar-refractivity contribution in [2.45, 2.75) is 26.2 Å². The summed E-state index contributed by atoms with van der Waals surface area (Å²) in [5.41, 5.74) is 1.06. The number of aromatic nitrogens is 3. The predicted octanol–water partition coefficient (Wildman–Crippen LogP) is 2.61. The van der Waals surface area contributed by atoms with Crippen molar-refractivity contribution in [2.24, 2.45) is 0 Å². The zero-order valence-electron chi connectivity index (χ0n) is 8.93. The van der Waals surface area contributed by atoms with Crippen molar-refractivity contribution in [3.05, 3.63) is 42.5 Å². The van der Waals surface area contributed by atoms with Gasteiger partial charge in [0.05, 0.1) is 5.69 Å². The van der Waals surface area contributed by atoms with Crippen molar-refractivity contribution in [1.29, 1.82) is 0 Å². The lowest BCUT2D eigenvalue weighted by Gasteiger charge is -1.97. The maximum absolute atomic E-state index is 4.42. The van der Waals surface area contributed by atoms with Gasteiger partial charge in [-0.1, -0.05) is 31.5 Å². The van der Waals surface area contributed by atoms with Gasteiger partial charge in [-0.3, -0.25) is 0 Å². The van der Waals surface area contributed by atoms with E-state index in [0.717, 1.165) is 24.4 Å². The molecule has 2 rings (SSSR count). The minimum atomic E-state index is 0.931. The Kier molecular flexibility index (Phi) is 3.12. The van der Waals surface area contributed by atoms with Gasteiger partial charge in [0.1, 0.15) is 6.33 Å². The molecule has 0 unspecified atom stereocenters. The predicted molar refractivity (Wildman–Crippen MR) is 60.0 cm³/mol. The van der Waals surface area contributed by atoms with Gasteiger partial charge in [-0.25, -0.2) is 9.67 Å². The van der Waals surface area contributed by atoms with E-state index in [-0.39, 0.29) is 0 Å². The zero-order valence-corrected chi connectivity index (χ0v) is 8.93. The highest BCUT2D eigenvalue weighted by atomic mass is 15.3. The largest absolute Gasteiger partial charge is 0.221 e. The molecule has 0 aliphatic heterocycles. The molecule has 0 bridgehead atoms. The molecule has 15 heavy (non-hydrogen) atoms. The fourth-order valence-corrected chi connectivity index (χ4v) is 1.45. The summed E-state index contributed by atoms with van der Waals surface area (Å²) in [5.74, 6) is 0.931. The number of unbranched alkanes of at least 4 members (excludes halogenated alkanes) is 1. The minimum Gasteiger partial charge on any atom is -0.221 e. The number of hydrogen-bond acceptors (Lipinski definition) is 2. The molecule has 0 atom stereocenters. The Bertz CT molecular complexity index is 406. The topological polar surface area (TPSA) is 30.7 Å². The molecule has 1 heterocycles. The lowest BCUT2D eigenvalue weighted by molar-refractivity contribution is 0.742. The number of benzene rings is 1. The van der Waals surface area contributed by atoms with Crippen molar-refractivity contribution in [1.82, 2.24) is 14.8 Å². The number of rotatable bonds is 4. The summed E-state index contributed by atoms with van der Waals surface area (Å²) in [6.45, 7) is 2.17. The first-order valence-corrected chi connectivity index (χ1v) is 5.36. The Morgan fingerprint density at radius 3 is 2.73 bits per heavy atom. The third kappa shape index (κ3) is 2.43. The van der Waals surface area contributed by atoms with Gasteiger partial charge in [0, 0.05) is 6.42 Å². The molecule has 1 aromatic carbocycles. The quantitative estimate of drug-likeness (QED) is 0.761. The molecular formula is C12H15N3. The fourth-order valence-electron chi connectivity index (χ4n) is 1.45. The van der Waals surface area contributed by atoms with Gasteiger partial charge in [0.15, 0.2) is 5.82 Å². The van der Waals surface area contributed by atoms with Gasteiger partial charge in [0.25, 0.3) is 0 Å². The molecule has 0 amide bonds. The van der Waals surface area contributed by atoms with Crippen LogP contribution in [0.3, 0.4) is 0 Å². The van der Waals surface area contributed by atoms with Crippen LogP contribution in [0.5, 0.6) is 0 Å². The van der Waals surface area contributed by atoms with Gasteiger partial charge in [-0.15, -0.1) is 0 Å². The molecule has 0 saturated carbocycles. The van der Waals surface area contributed by atoms with Gasteiger partial charge in [-0.2, -0.15) is 5.10 Å². The molecule has 0 aliphatic carbocycles. The summed E-state index contributed by atoms with van der Waals surface area (Å²) in [6.07, 6.45) is 5.08. The average molecular weight is 201 g/mol. The summed E-state index contributed by atoms with van der Waals surface area (Å²) in [4.78, 5) is 4.28. The molecule has 0 aliphatic rings. The second-order valence-corrected chi connectivity index (χ2v) is 3.54. The summed E-state index contributed by atoms with van der Waals surface area (Å²) in [6, 6.07) is 10.1. The summed E-state index contributed by atoms with van der Waals surface area (Å²) >= 11 is 0. The van der Waals surface area contributed by atoms with Crippen molar-refractivity contribution in [3.8, 4) is 5.69 Å². The van der Waals surface area contributed by atoms with Crippen LogP contribution in [-0.2, 0) is 6.42 Å². The monoisotopic (exact) mass is 201 g/mol. The Labute approximate surface area is 89.8 Å². The van der Waals surface area contributed by atoms with E-state index in [1.807, 2.05) is 35.0 Å². The molecule has 3 heteroatoms. The first-order valence-electron chi connectivity index (χ1n) is 5.36. The Hall–Kier alpha value is -1.64. The van der Waals surface area contributed by atoms with Crippen molar-refractivity contribution in [2.75, 3.05) is 0 Å². The molecule has 3 nitrogen and oxygen atoms in total. The van der Waals surface area contributed by atoms with Crippen LogP contribution in [0.15, 0.2) is 36.7 Å². The van der Waals surface area contributed by atoms with E-state index in [1.165, 1.54) is 6.42 Å². The lowest BCUT2D eigenvalue weighted by Crippen LogP contribution is -1.95. The number of para-hydroxylation sites is 1. The summed E-state index contributed by atoms with van der Waals surface area (Å²) < 4.78 is 1.82. The minimum absolute atomic E-state index is 0.931. The second kappa shape index (κ2) is 4.73. The van der Waals surface area contributed by atoms with Crippen LogP contribution >= 0.6 is 0 Å². The van der Waals surface area contributed by atoms with Crippen LogP contribution in [-0.4, -0.2) is 14.8 Å². The molecular weight excluding hydrogens is 186 g/mol. The molecule has 2 aromatic rings. The first kappa shape index (κ1) is 9.90. The van der Waals surface area contributed by atoms with Crippen LogP contribution in [0.2, 0.25) is 0 Å². The number of aryl methyl sites for hydroxylation is 1. The highest BCUT2D eigenvalue weighted by molar-refractivity contribution is 5.29. The van der Waals surface area contributed by atoms with E-state index in [2.05, 4.69) is 17.0 Å². The third-order valence-corrected chi connectivity index (χ3v) is 2.31. The van der Waals surface area contributed by atoms with Crippen LogP contribution in [0.4, 0.5) is 0 Å². The highest BCUT2D eigenvalue weighted by Gasteiger charge is 2.01. The normalized spacial score (nSPS) is 10.5. The molecule has 1 aromatic heterocycles. The van der Waals surface area contributed by atoms with Gasteiger partial charge in [0.2, 0.25) is 0 Å². The third-order valence-electron chi connectivity index (χ3n) is 2.31. The van der Waals surface area contributed by atoms with Crippen LogP contribution < -0.4 is 0 Å². The summed E-state index contributed by atoms with van der Waals surface area (Å²) in [5, 5.41) is 4.42.